The van der Waals surface area contributed by atoms with Gasteiger partial charge in [-0.1, -0.05) is 13.0 Å². The smallest absolute Gasteiger partial charge is 0.224 e. The van der Waals surface area contributed by atoms with E-state index in [1.807, 2.05) is 43.3 Å². The molecule has 0 radical (unpaired) electrons. The number of thiophene rings is 1. The molecular weight excluding hydrogens is 496 g/mol. The minimum Gasteiger partial charge on any atom is -0.494 e. The lowest BCUT2D eigenvalue weighted by molar-refractivity contribution is -0.115. The molecule has 9 heteroatoms. The van der Waals surface area contributed by atoms with Crippen molar-refractivity contribution in [3.8, 4) is 5.75 Å². The zero-order chi connectivity index (χ0) is 22.0. The van der Waals surface area contributed by atoms with E-state index in [9.17, 15) is 4.79 Å². The Hall–Kier alpha value is -2.49. The summed E-state index contributed by atoms with van der Waals surface area (Å²) in [6.07, 6.45) is 2.18. The summed E-state index contributed by atoms with van der Waals surface area (Å²) in [5.41, 5.74) is 2.42. The number of amides is 1. The van der Waals surface area contributed by atoms with Crippen LogP contribution in [-0.2, 0) is 4.79 Å². The Kier molecular flexibility index (Phi) is 6.54. The molecule has 1 aliphatic rings. The number of nitrogens with one attached hydrogen (secondary N) is 2. The van der Waals surface area contributed by atoms with Crippen molar-refractivity contribution >= 4 is 61.9 Å². The molecule has 4 rings (SSSR count). The Morgan fingerprint density at radius 1 is 1.35 bits per heavy atom. The zero-order valence-electron chi connectivity index (χ0n) is 17.0. The average molecular weight is 517 g/mol. The molecule has 2 unspecified atom stereocenters. The molecule has 2 N–H and O–H groups in total. The Morgan fingerprint density at radius 2 is 2.19 bits per heavy atom. The highest BCUT2D eigenvalue weighted by Crippen LogP contribution is 2.45. The molecule has 3 aromatic rings. The Labute approximate surface area is 198 Å². The van der Waals surface area contributed by atoms with Gasteiger partial charge in [-0.05, 0) is 58.5 Å². The third-order valence-electron chi connectivity index (χ3n) is 5.04. The molecule has 0 aliphatic carbocycles. The van der Waals surface area contributed by atoms with Crippen molar-refractivity contribution in [1.29, 1.82) is 0 Å². The Morgan fingerprint density at radius 3 is 2.84 bits per heavy atom. The van der Waals surface area contributed by atoms with E-state index in [4.69, 9.17) is 17.0 Å². The molecule has 0 spiro atoms. The average Bonchev–Trinajstić information content (AvgIpc) is 3.37. The van der Waals surface area contributed by atoms with E-state index in [0.29, 0.717) is 23.0 Å². The predicted molar refractivity (Wildman–Crippen MR) is 132 cm³/mol. The van der Waals surface area contributed by atoms with Crippen LogP contribution in [0.15, 0.2) is 58.5 Å². The van der Waals surface area contributed by atoms with E-state index in [-0.39, 0.29) is 18.0 Å². The summed E-state index contributed by atoms with van der Waals surface area (Å²) in [5.74, 6) is 0.510. The van der Waals surface area contributed by atoms with Gasteiger partial charge in [0.15, 0.2) is 5.11 Å². The largest absolute Gasteiger partial charge is 0.494 e. The van der Waals surface area contributed by atoms with Crippen LogP contribution >= 0.6 is 39.5 Å². The standard InChI is InChI=1S/C22H21BrN4O2S2/c1-3-19(28)25-15-8-7-14(11-17(15)29-2)27-21(18-10-13(23)12-31-18)20(26-22(27)30)16-6-4-5-9-24-16/h4-12,20-21H,3H2,1-2H3,(H,25,28)(H,26,30). The third-order valence-corrected chi connectivity index (χ3v) is 7.11. The fraction of sp³-hybridized carbons (Fsp3) is 0.227. The van der Waals surface area contributed by atoms with Crippen molar-refractivity contribution in [2.75, 3.05) is 17.3 Å². The second kappa shape index (κ2) is 9.33. The number of methoxy groups -OCH3 is 1. The highest BCUT2D eigenvalue weighted by atomic mass is 79.9. The van der Waals surface area contributed by atoms with Crippen LogP contribution in [0, 0.1) is 0 Å². The van der Waals surface area contributed by atoms with Crippen LogP contribution in [0.1, 0.15) is 36.0 Å². The molecule has 1 aliphatic heterocycles. The number of ether oxygens (including phenoxy) is 1. The van der Waals surface area contributed by atoms with Crippen LogP contribution in [0.3, 0.4) is 0 Å². The maximum absolute atomic E-state index is 11.9. The number of anilines is 2. The van der Waals surface area contributed by atoms with E-state index >= 15 is 0 Å². The first kappa shape index (κ1) is 21.7. The summed E-state index contributed by atoms with van der Waals surface area (Å²) in [5, 5.41) is 8.99. The van der Waals surface area contributed by atoms with Crippen LogP contribution < -0.4 is 20.3 Å². The normalized spacial score (nSPS) is 18.0. The SMILES string of the molecule is CCC(=O)Nc1ccc(N2C(=S)NC(c3ccccn3)C2c2cc(Br)cs2)cc1OC. The van der Waals surface area contributed by atoms with Crippen LogP contribution in [0.25, 0.3) is 0 Å². The number of hydrogen-bond donors (Lipinski definition) is 2. The molecule has 0 bridgehead atoms. The van der Waals surface area contributed by atoms with Gasteiger partial charge in [-0.25, -0.2) is 0 Å². The quantitative estimate of drug-likeness (QED) is 0.425. The van der Waals surface area contributed by atoms with E-state index in [0.717, 1.165) is 20.7 Å². The van der Waals surface area contributed by atoms with Crippen molar-refractivity contribution in [3.05, 3.63) is 69.1 Å². The van der Waals surface area contributed by atoms with Crippen LogP contribution in [-0.4, -0.2) is 23.1 Å². The number of rotatable bonds is 6. The maximum atomic E-state index is 11.9. The second-order valence-corrected chi connectivity index (χ2v) is 9.20. The highest BCUT2D eigenvalue weighted by Gasteiger charge is 2.41. The minimum atomic E-state index is -0.107. The fourth-order valence-corrected chi connectivity index (χ4v) is 5.49. The second-order valence-electron chi connectivity index (χ2n) is 6.95. The monoisotopic (exact) mass is 516 g/mol. The number of thiocarbonyl (C=S) groups is 1. The van der Waals surface area contributed by atoms with Gasteiger partial charge >= 0.3 is 0 Å². The molecule has 1 aromatic carbocycles. The predicted octanol–water partition coefficient (Wildman–Crippen LogP) is 5.44. The number of carbonyl (C=O) groups excluding carboxylic acids is 1. The van der Waals surface area contributed by atoms with Crippen molar-refractivity contribution < 1.29 is 9.53 Å². The molecule has 0 saturated carbocycles. The van der Waals surface area contributed by atoms with Crippen LogP contribution in [0.4, 0.5) is 11.4 Å². The molecule has 1 saturated heterocycles. The molecule has 2 aromatic heterocycles. The molecule has 160 valence electrons. The molecule has 1 amide bonds. The van der Waals surface area contributed by atoms with E-state index in [1.54, 1.807) is 24.6 Å². The van der Waals surface area contributed by atoms with E-state index in [2.05, 4.69) is 47.9 Å². The number of hydrogen-bond acceptors (Lipinski definition) is 5. The Balaban J connectivity index is 1.76. The minimum absolute atomic E-state index is 0.0686. The number of aromatic nitrogens is 1. The van der Waals surface area contributed by atoms with E-state index < -0.39 is 0 Å². The van der Waals surface area contributed by atoms with Gasteiger partial charge in [-0.15, -0.1) is 11.3 Å². The summed E-state index contributed by atoms with van der Waals surface area (Å²) in [6, 6.07) is 13.5. The lowest BCUT2D eigenvalue weighted by Gasteiger charge is -2.27. The lowest BCUT2D eigenvalue weighted by Crippen LogP contribution is -2.29. The summed E-state index contributed by atoms with van der Waals surface area (Å²) in [7, 11) is 1.59. The number of benzene rings is 1. The summed E-state index contributed by atoms with van der Waals surface area (Å²) < 4.78 is 6.59. The molecule has 31 heavy (non-hydrogen) atoms. The third kappa shape index (κ3) is 4.44. The molecule has 2 atom stereocenters. The lowest BCUT2D eigenvalue weighted by atomic mass is 10.0. The van der Waals surface area contributed by atoms with Crippen LogP contribution in [0.2, 0.25) is 0 Å². The molecule has 3 heterocycles. The van der Waals surface area contributed by atoms with Gasteiger partial charge in [0.1, 0.15) is 5.75 Å². The van der Waals surface area contributed by atoms with Gasteiger partial charge in [-0.2, -0.15) is 0 Å². The zero-order valence-corrected chi connectivity index (χ0v) is 20.2. The van der Waals surface area contributed by atoms with Gasteiger partial charge in [-0.3, -0.25) is 9.78 Å². The number of carbonyl (C=O) groups is 1. The van der Waals surface area contributed by atoms with Crippen molar-refractivity contribution in [3.63, 3.8) is 0 Å². The summed E-state index contributed by atoms with van der Waals surface area (Å²) >= 11 is 11.0. The highest BCUT2D eigenvalue weighted by molar-refractivity contribution is 9.10. The maximum Gasteiger partial charge on any atom is 0.224 e. The van der Waals surface area contributed by atoms with Crippen molar-refractivity contribution in [2.24, 2.45) is 0 Å². The van der Waals surface area contributed by atoms with Gasteiger partial charge < -0.3 is 20.3 Å². The molecule has 1 fully saturated rings. The fourth-order valence-electron chi connectivity index (χ4n) is 3.58. The van der Waals surface area contributed by atoms with Crippen LogP contribution in [0.5, 0.6) is 5.75 Å². The topological polar surface area (TPSA) is 66.5 Å². The molecule has 6 nitrogen and oxygen atoms in total. The number of nitrogens with zero attached hydrogens (tertiary/aromatic N) is 2. The first-order valence-corrected chi connectivity index (χ1v) is 11.8. The first-order valence-electron chi connectivity index (χ1n) is 9.74. The van der Waals surface area contributed by atoms with Gasteiger partial charge in [0.25, 0.3) is 0 Å². The van der Waals surface area contributed by atoms with Gasteiger partial charge in [0.05, 0.1) is 30.6 Å². The van der Waals surface area contributed by atoms with Gasteiger partial charge in [0, 0.05) is 39.1 Å². The summed E-state index contributed by atoms with van der Waals surface area (Å²) in [6.45, 7) is 1.81. The number of halogens is 1. The van der Waals surface area contributed by atoms with Gasteiger partial charge in [0.2, 0.25) is 5.91 Å². The Bertz CT molecular complexity index is 1110. The first-order chi connectivity index (χ1) is 15.0. The summed E-state index contributed by atoms with van der Waals surface area (Å²) in [4.78, 5) is 19.7. The number of pyridine rings is 1. The van der Waals surface area contributed by atoms with E-state index in [1.165, 1.54) is 0 Å². The molecular formula is C22H21BrN4O2S2. The van der Waals surface area contributed by atoms with Crippen molar-refractivity contribution in [1.82, 2.24) is 10.3 Å². The van der Waals surface area contributed by atoms with Crippen molar-refractivity contribution in [2.45, 2.75) is 25.4 Å².